The molecule has 1 N–H and O–H groups in total. The summed E-state index contributed by atoms with van der Waals surface area (Å²) in [6.45, 7) is 0. The van der Waals surface area contributed by atoms with Gasteiger partial charge in [0.15, 0.2) is 4.67 Å². The number of halogens is 3. The molecule has 17 heavy (non-hydrogen) atoms. The predicted molar refractivity (Wildman–Crippen MR) is 76.5 cm³/mol. The fourth-order valence-electron chi connectivity index (χ4n) is 1.70. The van der Waals surface area contributed by atoms with E-state index in [1.54, 1.807) is 0 Å². The minimum Gasteiger partial charge on any atom is -0.452 e. The SMILES string of the molecule is CNC(c1cc(Cl)cc(Br)c1)c1ccc(Br)o1. The van der Waals surface area contributed by atoms with Gasteiger partial charge in [0.2, 0.25) is 0 Å². The first kappa shape index (κ1) is 13.1. The minimum atomic E-state index is -0.0173. The van der Waals surface area contributed by atoms with E-state index in [9.17, 15) is 0 Å². The zero-order valence-corrected chi connectivity index (χ0v) is 12.9. The average Bonchev–Trinajstić information content (AvgIpc) is 2.64. The van der Waals surface area contributed by atoms with Crippen molar-refractivity contribution in [3.05, 3.63) is 55.8 Å². The Morgan fingerprint density at radius 3 is 2.53 bits per heavy atom. The molecular formula is C12H10Br2ClNO. The fourth-order valence-corrected chi connectivity index (χ4v) is 2.90. The van der Waals surface area contributed by atoms with Crippen LogP contribution in [0.4, 0.5) is 0 Å². The van der Waals surface area contributed by atoms with E-state index in [1.165, 1.54) is 0 Å². The van der Waals surface area contributed by atoms with Crippen LogP contribution >= 0.6 is 43.5 Å². The molecule has 1 aromatic carbocycles. The van der Waals surface area contributed by atoms with Crippen LogP contribution in [0.2, 0.25) is 5.02 Å². The first-order chi connectivity index (χ1) is 8.10. The molecule has 0 aliphatic rings. The molecule has 2 aromatic rings. The van der Waals surface area contributed by atoms with Crippen molar-refractivity contribution in [3.63, 3.8) is 0 Å². The van der Waals surface area contributed by atoms with Crippen LogP contribution in [0.15, 0.2) is 43.9 Å². The van der Waals surface area contributed by atoms with Crippen LogP contribution < -0.4 is 5.32 Å². The monoisotopic (exact) mass is 377 g/mol. The first-order valence-electron chi connectivity index (χ1n) is 4.98. The lowest BCUT2D eigenvalue weighted by Crippen LogP contribution is -2.16. The third kappa shape index (κ3) is 3.13. The summed E-state index contributed by atoms with van der Waals surface area (Å²) < 4.78 is 7.23. The summed E-state index contributed by atoms with van der Waals surface area (Å²) in [6, 6.07) is 9.58. The van der Waals surface area contributed by atoms with Gasteiger partial charge in [-0.1, -0.05) is 27.5 Å². The van der Waals surface area contributed by atoms with Crippen LogP contribution in [0.25, 0.3) is 0 Å². The van der Waals surface area contributed by atoms with Crippen LogP contribution in [-0.4, -0.2) is 7.05 Å². The largest absolute Gasteiger partial charge is 0.452 e. The van der Waals surface area contributed by atoms with Crippen molar-refractivity contribution < 1.29 is 4.42 Å². The number of hydrogen-bond acceptors (Lipinski definition) is 2. The highest BCUT2D eigenvalue weighted by Gasteiger charge is 2.16. The van der Waals surface area contributed by atoms with E-state index in [2.05, 4.69) is 37.2 Å². The smallest absolute Gasteiger partial charge is 0.169 e. The predicted octanol–water partition coefficient (Wildman–Crippen LogP) is 4.77. The van der Waals surface area contributed by atoms with Crippen LogP contribution in [-0.2, 0) is 0 Å². The zero-order chi connectivity index (χ0) is 12.4. The molecule has 5 heteroatoms. The van der Waals surface area contributed by atoms with Gasteiger partial charge in [0.1, 0.15) is 5.76 Å². The highest BCUT2D eigenvalue weighted by molar-refractivity contribution is 9.10. The number of hydrogen-bond donors (Lipinski definition) is 1. The van der Waals surface area contributed by atoms with Gasteiger partial charge in [-0.25, -0.2) is 0 Å². The Kier molecular flexibility index (Phi) is 4.31. The zero-order valence-electron chi connectivity index (χ0n) is 9.01. The van der Waals surface area contributed by atoms with Gasteiger partial charge in [-0.15, -0.1) is 0 Å². The third-order valence-corrected chi connectivity index (χ3v) is 3.49. The molecule has 90 valence electrons. The number of furan rings is 1. The van der Waals surface area contributed by atoms with Gasteiger partial charge >= 0.3 is 0 Å². The Morgan fingerprint density at radius 1 is 1.24 bits per heavy atom. The molecule has 0 radical (unpaired) electrons. The van der Waals surface area contributed by atoms with Crippen molar-refractivity contribution in [2.24, 2.45) is 0 Å². The van der Waals surface area contributed by atoms with E-state index in [0.717, 1.165) is 15.8 Å². The Morgan fingerprint density at radius 2 is 2.00 bits per heavy atom. The summed E-state index contributed by atoms with van der Waals surface area (Å²) in [7, 11) is 1.88. The molecule has 1 unspecified atom stereocenters. The second kappa shape index (κ2) is 5.57. The van der Waals surface area contributed by atoms with E-state index in [-0.39, 0.29) is 6.04 Å². The molecule has 0 amide bonds. The Hall–Kier alpha value is -0.290. The van der Waals surface area contributed by atoms with Crippen molar-refractivity contribution in [1.29, 1.82) is 0 Å². The Balaban J connectivity index is 2.41. The van der Waals surface area contributed by atoms with Crippen LogP contribution in [0.3, 0.4) is 0 Å². The molecule has 1 heterocycles. The van der Waals surface area contributed by atoms with Gasteiger partial charge in [-0.05, 0) is 58.9 Å². The van der Waals surface area contributed by atoms with Crippen LogP contribution in [0.5, 0.6) is 0 Å². The summed E-state index contributed by atoms with van der Waals surface area (Å²) >= 11 is 12.8. The maximum atomic E-state index is 6.05. The molecule has 0 bridgehead atoms. The average molecular weight is 379 g/mol. The van der Waals surface area contributed by atoms with Gasteiger partial charge in [0.05, 0.1) is 6.04 Å². The van der Waals surface area contributed by atoms with Crippen LogP contribution in [0, 0.1) is 0 Å². The second-order valence-electron chi connectivity index (χ2n) is 3.57. The topological polar surface area (TPSA) is 25.2 Å². The van der Waals surface area contributed by atoms with Gasteiger partial charge in [0, 0.05) is 9.50 Å². The summed E-state index contributed by atoms with van der Waals surface area (Å²) in [6.07, 6.45) is 0. The molecule has 0 aliphatic heterocycles. The molecule has 1 atom stereocenters. The van der Waals surface area contributed by atoms with E-state index in [4.69, 9.17) is 16.0 Å². The summed E-state index contributed by atoms with van der Waals surface area (Å²) in [5.74, 6) is 0.841. The first-order valence-corrected chi connectivity index (χ1v) is 6.95. The third-order valence-electron chi connectivity index (χ3n) is 2.39. The van der Waals surface area contributed by atoms with Gasteiger partial charge in [0.25, 0.3) is 0 Å². The van der Waals surface area contributed by atoms with E-state index >= 15 is 0 Å². The molecule has 0 fully saturated rings. The highest BCUT2D eigenvalue weighted by atomic mass is 79.9. The van der Waals surface area contributed by atoms with Crippen molar-refractivity contribution >= 4 is 43.5 Å². The van der Waals surface area contributed by atoms with Crippen molar-refractivity contribution in [3.8, 4) is 0 Å². The lowest BCUT2D eigenvalue weighted by Gasteiger charge is -2.14. The highest BCUT2D eigenvalue weighted by Crippen LogP contribution is 2.29. The van der Waals surface area contributed by atoms with Gasteiger partial charge in [-0.2, -0.15) is 0 Å². The normalized spacial score (nSPS) is 12.7. The lowest BCUT2D eigenvalue weighted by atomic mass is 10.1. The molecule has 2 nitrogen and oxygen atoms in total. The number of rotatable bonds is 3. The quantitative estimate of drug-likeness (QED) is 0.831. The number of nitrogens with one attached hydrogen (secondary N) is 1. The molecule has 0 aliphatic carbocycles. The molecule has 0 saturated carbocycles. The minimum absolute atomic E-state index is 0.0173. The van der Waals surface area contributed by atoms with E-state index in [0.29, 0.717) is 9.69 Å². The fraction of sp³-hybridized carbons (Fsp3) is 0.167. The van der Waals surface area contributed by atoms with E-state index < -0.39 is 0 Å². The molecule has 0 spiro atoms. The van der Waals surface area contributed by atoms with Crippen LogP contribution in [0.1, 0.15) is 17.4 Å². The summed E-state index contributed by atoms with van der Waals surface area (Å²) in [4.78, 5) is 0. The Labute approximate surface area is 122 Å². The van der Waals surface area contributed by atoms with E-state index in [1.807, 2.05) is 37.4 Å². The maximum Gasteiger partial charge on any atom is 0.169 e. The van der Waals surface area contributed by atoms with Crippen molar-refractivity contribution in [2.75, 3.05) is 7.05 Å². The summed E-state index contributed by atoms with van der Waals surface area (Å²) in [5.41, 5.74) is 1.05. The second-order valence-corrected chi connectivity index (χ2v) is 5.70. The Bertz CT molecular complexity index is 507. The lowest BCUT2D eigenvalue weighted by molar-refractivity contribution is 0.447. The molecule has 2 rings (SSSR count). The van der Waals surface area contributed by atoms with Crippen molar-refractivity contribution in [1.82, 2.24) is 5.32 Å². The van der Waals surface area contributed by atoms with Gasteiger partial charge in [-0.3, -0.25) is 0 Å². The molecule has 1 aromatic heterocycles. The van der Waals surface area contributed by atoms with Gasteiger partial charge < -0.3 is 9.73 Å². The standard InChI is InChI=1S/C12H10Br2ClNO/c1-16-12(10-2-3-11(14)17-10)7-4-8(13)6-9(15)5-7/h2-6,12,16H,1H3. The molecule has 0 saturated heterocycles. The maximum absolute atomic E-state index is 6.05. The number of benzene rings is 1. The van der Waals surface area contributed by atoms with Crippen molar-refractivity contribution in [2.45, 2.75) is 6.04 Å². The summed E-state index contributed by atoms with van der Waals surface area (Å²) in [5, 5.41) is 3.90. The molecular weight excluding hydrogens is 369 g/mol.